The first kappa shape index (κ1) is 83.0. The fourth-order valence-electron chi connectivity index (χ4n) is 16.9. The minimum atomic E-state index is -0.522. The minimum absolute atomic E-state index is 0.0737. The quantitative estimate of drug-likeness (QED) is 0.0357. The van der Waals surface area contributed by atoms with Gasteiger partial charge in [0, 0.05) is 167 Å². The van der Waals surface area contributed by atoms with Crippen molar-refractivity contribution in [1.29, 1.82) is 15.8 Å². The summed E-state index contributed by atoms with van der Waals surface area (Å²) < 4.78 is 34.5. The van der Waals surface area contributed by atoms with Crippen LogP contribution in [0.15, 0.2) is 164 Å². The van der Waals surface area contributed by atoms with Gasteiger partial charge in [-0.1, -0.05) is 6.92 Å². The molecule has 9 fully saturated rings. The molecule has 630 valence electrons. The monoisotopic (exact) mass is 1650 g/mol. The van der Waals surface area contributed by atoms with Crippen LogP contribution in [0.5, 0.6) is 17.2 Å². The van der Waals surface area contributed by atoms with Crippen molar-refractivity contribution in [2.75, 3.05) is 188 Å². The van der Waals surface area contributed by atoms with Crippen molar-refractivity contribution >= 4 is 69.3 Å². The molecule has 32 heteroatoms. The van der Waals surface area contributed by atoms with Crippen LogP contribution in [-0.4, -0.2) is 282 Å². The van der Waals surface area contributed by atoms with Gasteiger partial charge in [0.2, 0.25) is 17.7 Å². The number of benzene rings is 6. The fraction of sp³-hybridized carbons (Fsp3) is 0.400. The Balaban J connectivity index is 0.000000136. The molecule has 9 aliphatic rings. The topological polar surface area (TPSA) is 378 Å². The number of aromatic nitrogens is 6. The summed E-state index contributed by atoms with van der Waals surface area (Å²) in [7, 11) is 0. The van der Waals surface area contributed by atoms with E-state index in [4.69, 9.17) is 38.5 Å². The molecule has 1 aliphatic carbocycles. The predicted octanol–water partition coefficient (Wildman–Crippen LogP) is 7.71. The standard InChI is InChI=1S/C32H35N7O4.C31H35N7O4.C27H28N6O4/c33-16-23-15-22(1-6-28(23)43-29-14-21-13-27(29)39(17-21)31(41)18-40)32-34-8-7-30(36-32)35-24-2-4-25(5-3-24)37-9-11-38(12-10-37)26-19-42-20-26;1-21-16-38(30(40)18-39)17-28(21)42-27-7-2-22(14-23(27)15-32)31-33-9-8-29(35-31)34-24-3-5-25(6-4-24)36-10-12-37(13-11-36)26-19-41-20-26;28-16-20-15-19(1-6-24(20)37-23-8-10-33(17-23)26(35)18-34)27-29-9-7-25(31-27)30-21-2-4-22(5-3-21)32-11-13-36-14-12-32/h1-8,15,21,26-27,29,40H,9-14,17-20H2,(H,34,35,36);2-9,14,21,26,28,39H,10-13,16-20H2,1H3,(H,33,34,35);1-7,9,15,23,34H,8,10-14,17-18H2,(H,29,30,31)/t;21-,28?;23-/m.11/s1. The zero-order valence-corrected chi connectivity index (χ0v) is 67.9. The summed E-state index contributed by atoms with van der Waals surface area (Å²) in [6.07, 6.45) is 6.70. The molecule has 3 aromatic heterocycles. The van der Waals surface area contributed by atoms with Crippen LogP contribution in [-0.2, 0) is 28.6 Å². The number of likely N-dealkylation sites (tertiary alicyclic amines) is 3. The summed E-state index contributed by atoms with van der Waals surface area (Å²) >= 11 is 0. The van der Waals surface area contributed by atoms with Gasteiger partial charge in [0.05, 0.1) is 87.5 Å². The number of hydrogen-bond donors (Lipinski definition) is 6. The van der Waals surface area contributed by atoms with Gasteiger partial charge in [-0.25, -0.2) is 29.9 Å². The number of aliphatic hydroxyl groups excluding tert-OH is 3. The van der Waals surface area contributed by atoms with Gasteiger partial charge >= 0.3 is 0 Å². The Kier molecular flexibility index (Phi) is 26.4. The van der Waals surface area contributed by atoms with E-state index >= 15 is 0 Å². The first-order valence-electron chi connectivity index (χ1n) is 41.6. The number of nitriles is 3. The number of rotatable bonds is 23. The van der Waals surface area contributed by atoms with Crippen LogP contribution in [0.25, 0.3) is 34.2 Å². The van der Waals surface area contributed by atoms with Crippen molar-refractivity contribution in [2.45, 2.75) is 62.6 Å². The van der Waals surface area contributed by atoms with Crippen LogP contribution in [0.2, 0.25) is 0 Å². The van der Waals surface area contributed by atoms with Gasteiger partial charge in [0.25, 0.3) is 0 Å². The maximum Gasteiger partial charge on any atom is 0.248 e. The molecule has 18 rings (SSSR count). The molecular weight excluding hydrogens is 1550 g/mol. The number of piperidine rings is 1. The van der Waals surface area contributed by atoms with Crippen LogP contribution in [0.3, 0.4) is 0 Å². The van der Waals surface area contributed by atoms with E-state index in [1.165, 1.54) is 11.4 Å². The van der Waals surface area contributed by atoms with Gasteiger partial charge < -0.3 is 89.1 Å². The summed E-state index contributed by atoms with van der Waals surface area (Å²) in [4.78, 5) is 80.0. The zero-order valence-electron chi connectivity index (χ0n) is 67.9. The second kappa shape index (κ2) is 38.8. The lowest BCUT2D eigenvalue weighted by atomic mass is 10.1. The maximum atomic E-state index is 12.1. The average Bonchev–Trinajstić information content (AvgIpc) is 1.61. The van der Waals surface area contributed by atoms with Crippen LogP contribution in [0, 0.1) is 45.8 Å². The smallest absolute Gasteiger partial charge is 0.248 e. The van der Waals surface area contributed by atoms with E-state index in [-0.39, 0.29) is 48.0 Å². The number of fused-ring (bicyclic) bond motifs is 2. The second-order valence-corrected chi connectivity index (χ2v) is 31.7. The number of carbonyl (C=O) groups is 3. The number of carbonyl (C=O) groups excluding carboxylic acids is 3. The van der Waals surface area contributed by atoms with Crippen molar-refractivity contribution in [3.05, 3.63) is 181 Å². The molecule has 2 bridgehead atoms. The van der Waals surface area contributed by atoms with Gasteiger partial charge in [-0.15, -0.1) is 0 Å². The summed E-state index contributed by atoms with van der Waals surface area (Å²) in [6, 6.07) is 54.1. The first-order valence-corrected chi connectivity index (χ1v) is 41.6. The number of nitrogens with one attached hydrogen (secondary N) is 3. The molecule has 6 atom stereocenters. The number of piperazine rings is 2. The van der Waals surface area contributed by atoms with Gasteiger partial charge in [-0.05, 0) is 164 Å². The van der Waals surface area contributed by atoms with Crippen molar-refractivity contribution in [3.63, 3.8) is 0 Å². The molecule has 0 radical (unpaired) electrons. The second-order valence-electron chi connectivity index (χ2n) is 31.7. The van der Waals surface area contributed by atoms with Crippen LogP contribution < -0.4 is 44.9 Å². The van der Waals surface area contributed by atoms with Gasteiger partial charge in [-0.2, -0.15) is 15.8 Å². The lowest BCUT2D eigenvalue weighted by Gasteiger charge is -2.43. The molecule has 6 N–H and O–H groups in total. The molecule has 122 heavy (non-hydrogen) atoms. The maximum absolute atomic E-state index is 12.1. The third-order valence-electron chi connectivity index (χ3n) is 23.9. The van der Waals surface area contributed by atoms with Gasteiger partial charge in [0.1, 0.15) is 91.0 Å². The van der Waals surface area contributed by atoms with E-state index in [1.807, 2.05) is 49.4 Å². The number of anilines is 9. The zero-order chi connectivity index (χ0) is 84.0. The minimum Gasteiger partial charge on any atom is -0.487 e. The summed E-state index contributed by atoms with van der Waals surface area (Å²) in [5, 5.41) is 67.0. The van der Waals surface area contributed by atoms with E-state index < -0.39 is 19.8 Å². The SMILES string of the molecule is C[C@@H]1CN(C(=O)CO)CC1Oc1ccc(-c2nccc(Nc3ccc(N4CCN(C5COC5)CC4)cc3)n2)cc1C#N.N#Cc1cc(-c2nccc(Nc3ccc(N4CCN(C5COC5)CC4)cc3)n2)ccc1OC1CC2CC1N(C(=O)CO)C2.N#Cc1cc(-c2nccc(Nc3ccc(N4CCOCC4)cc3)n2)ccc1O[C@@H]1CCN(C(=O)CO)C1. The third kappa shape index (κ3) is 19.8. The van der Waals surface area contributed by atoms with Crippen LogP contribution in [0.1, 0.15) is 42.9 Å². The lowest BCUT2D eigenvalue weighted by Crippen LogP contribution is -2.56. The molecule has 0 spiro atoms. The van der Waals surface area contributed by atoms with Crippen molar-refractivity contribution in [2.24, 2.45) is 11.8 Å². The number of nitrogens with zero attached hydrogens (tertiary/aromatic N) is 17. The van der Waals surface area contributed by atoms with Crippen molar-refractivity contribution < 1.29 is 58.1 Å². The molecule has 8 saturated heterocycles. The molecule has 1 saturated carbocycles. The molecule has 4 unspecified atom stereocenters. The predicted molar refractivity (Wildman–Crippen MR) is 455 cm³/mol. The first-order chi connectivity index (χ1) is 59.7. The largest absolute Gasteiger partial charge is 0.487 e. The van der Waals surface area contributed by atoms with Gasteiger partial charge in [0.15, 0.2) is 17.5 Å². The highest BCUT2D eigenvalue weighted by molar-refractivity contribution is 5.79. The highest BCUT2D eigenvalue weighted by atomic mass is 16.5. The molecule has 6 aromatic carbocycles. The van der Waals surface area contributed by atoms with E-state index in [0.29, 0.717) is 143 Å². The Bertz CT molecular complexity index is 5280. The summed E-state index contributed by atoms with van der Waals surface area (Å²) in [6.45, 7) is 17.9. The normalized spacial score (nSPS) is 20.8. The third-order valence-corrected chi connectivity index (χ3v) is 23.9. The number of morpholine rings is 1. The average molecular weight is 1650 g/mol. The van der Waals surface area contributed by atoms with E-state index in [9.17, 15) is 40.4 Å². The molecular formula is C90H98N20O12. The number of aliphatic hydroxyl groups is 3. The molecule has 32 nitrogen and oxygen atoms in total. The van der Waals surface area contributed by atoms with E-state index in [2.05, 4.69) is 144 Å². The highest BCUT2D eigenvalue weighted by Crippen LogP contribution is 2.42. The molecule has 8 aliphatic heterocycles. The molecule has 9 aromatic rings. The molecule has 3 amide bonds. The lowest BCUT2D eigenvalue weighted by molar-refractivity contribution is -0.138. The Morgan fingerprint density at radius 3 is 1.25 bits per heavy atom. The Hall–Kier alpha value is -12.7. The Morgan fingerprint density at radius 2 is 0.852 bits per heavy atom. The summed E-state index contributed by atoms with van der Waals surface area (Å²) in [5.41, 5.74) is 9.57. The summed E-state index contributed by atoms with van der Waals surface area (Å²) in [5.74, 6) is 4.32. The van der Waals surface area contributed by atoms with Crippen LogP contribution >= 0.6 is 0 Å². The van der Waals surface area contributed by atoms with Crippen LogP contribution in [0.4, 0.5) is 51.6 Å². The number of amides is 3. The van der Waals surface area contributed by atoms with Crippen molar-refractivity contribution in [1.82, 2.24) is 54.4 Å². The fourth-order valence-corrected chi connectivity index (χ4v) is 16.9. The molecule has 11 heterocycles. The number of ether oxygens (including phenoxy) is 6. The number of hydrogen-bond acceptors (Lipinski definition) is 29. The highest BCUT2D eigenvalue weighted by Gasteiger charge is 2.48. The van der Waals surface area contributed by atoms with Gasteiger partial charge in [-0.3, -0.25) is 24.2 Å². The Morgan fingerprint density at radius 1 is 0.443 bits per heavy atom. The van der Waals surface area contributed by atoms with E-state index in [1.54, 1.807) is 75.8 Å². The Labute approximate surface area is 707 Å². The van der Waals surface area contributed by atoms with Crippen molar-refractivity contribution in [3.8, 4) is 69.6 Å². The van der Waals surface area contributed by atoms with E-state index in [0.717, 1.165) is 141 Å².